The molecule has 1 saturated heterocycles. The number of nitrogens with two attached hydrogens (primary N) is 1. The van der Waals surface area contributed by atoms with Gasteiger partial charge in [-0.15, -0.1) is 0 Å². The Morgan fingerprint density at radius 2 is 1.68 bits per heavy atom. The predicted molar refractivity (Wildman–Crippen MR) is 94.3 cm³/mol. The molecule has 0 spiro atoms. The predicted octanol–water partition coefficient (Wildman–Crippen LogP) is 2.80. The number of benzene rings is 2. The number of nitrogens with zero attached hydrogens (tertiary/aromatic N) is 2. The van der Waals surface area contributed by atoms with E-state index in [1.165, 1.54) is 9.80 Å². The summed E-state index contributed by atoms with van der Waals surface area (Å²) < 4.78 is 0. The number of halogens is 1. The third kappa shape index (κ3) is 3.21. The van der Waals surface area contributed by atoms with E-state index < -0.39 is 11.9 Å². The molecular formula is C18H16ClN3O3. The first kappa shape index (κ1) is 17.0. The van der Waals surface area contributed by atoms with Crippen molar-refractivity contribution in [3.8, 4) is 0 Å². The van der Waals surface area contributed by atoms with Gasteiger partial charge in [-0.3, -0.25) is 19.4 Å². The third-order valence-corrected chi connectivity index (χ3v) is 4.38. The van der Waals surface area contributed by atoms with Crippen LogP contribution in [0.2, 0.25) is 5.02 Å². The summed E-state index contributed by atoms with van der Waals surface area (Å²) in [5, 5.41) is 0.556. The summed E-state index contributed by atoms with van der Waals surface area (Å²) in [6, 6.07) is 12.3. The number of rotatable bonds is 4. The molecule has 0 bridgehead atoms. The average Bonchev–Trinajstić information content (AvgIpc) is 2.80. The van der Waals surface area contributed by atoms with Crippen molar-refractivity contribution < 1.29 is 14.4 Å². The molecule has 128 valence electrons. The zero-order valence-corrected chi connectivity index (χ0v) is 14.2. The molecule has 1 aliphatic heterocycles. The van der Waals surface area contributed by atoms with Crippen LogP contribution in [0.25, 0.3) is 0 Å². The highest BCUT2D eigenvalue weighted by Gasteiger charge is 2.43. The first-order chi connectivity index (χ1) is 11.9. The highest BCUT2D eigenvalue weighted by atomic mass is 35.5. The van der Waals surface area contributed by atoms with Gasteiger partial charge in [0.25, 0.3) is 5.91 Å². The molecular weight excluding hydrogens is 342 g/mol. The van der Waals surface area contributed by atoms with Crippen LogP contribution in [0.1, 0.15) is 22.8 Å². The third-order valence-electron chi connectivity index (χ3n) is 4.13. The summed E-state index contributed by atoms with van der Waals surface area (Å²) in [6.07, 6.45) is 0. The molecule has 0 aromatic heterocycles. The van der Waals surface area contributed by atoms with Crippen molar-refractivity contribution in [1.29, 1.82) is 0 Å². The van der Waals surface area contributed by atoms with Gasteiger partial charge in [-0.2, -0.15) is 0 Å². The zero-order chi connectivity index (χ0) is 18.1. The van der Waals surface area contributed by atoms with E-state index in [0.29, 0.717) is 16.3 Å². The van der Waals surface area contributed by atoms with Crippen LogP contribution in [-0.2, 0) is 11.3 Å². The minimum Gasteiger partial charge on any atom is -0.366 e. The molecule has 0 saturated carbocycles. The fourth-order valence-corrected chi connectivity index (χ4v) is 2.89. The maximum atomic E-state index is 12.7. The monoisotopic (exact) mass is 357 g/mol. The number of amides is 4. The smallest absolute Gasteiger partial charge is 0.332 e. The van der Waals surface area contributed by atoms with Crippen LogP contribution in [0.15, 0.2) is 48.5 Å². The maximum Gasteiger partial charge on any atom is 0.332 e. The zero-order valence-electron chi connectivity index (χ0n) is 13.5. The van der Waals surface area contributed by atoms with Crippen LogP contribution < -0.4 is 10.6 Å². The molecule has 0 unspecified atom stereocenters. The number of carbonyl (C=O) groups is 3. The molecule has 4 amide bonds. The minimum absolute atomic E-state index is 0.130. The van der Waals surface area contributed by atoms with E-state index >= 15 is 0 Å². The summed E-state index contributed by atoms with van der Waals surface area (Å²) in [5.74, 6) is -0.804. The van der Waals surface area contributed by atoms with Gasteiger partial charge in [-0.1, -0.05) is 23.7 Å². The number of primary amides is 1. The van der Waals surface area contributed by atoms with E-state index in [-0.39, 0.29) is 18.5 Å². The van der Waals surface area contributed by atoms with Crippen molar-refractivity contribution in [3.05, 3.63) is 64.7 Å². The molecule has 3 rings (SSSR count). The highest BCUT2D eigenvalue weighted by Crippen LogP contribution is 2.28. The van der Waals surface area contributed by atoms with Gasteiger partial charge in [-0.05, 0) is 48.9 Å². The molecule has 2 N–H and O–H groups in total. The van der Waals surface area contributed by atoms with E-state index in [1.54, 1.807) is 55.5 Å². The normalized spacial score (nSPS) is 17.3. The molecule has 1 aliphatic rings. The van der Waals surface area contributed by atoms with Crippen LogP contribution in [-0.4, -0.2) is 28.8 Å². The lowest BCUT2D eigenvalue weighted by Crippen LogP contribution is -2.33. The topological polar surface area (TPSA) is 83.7 Å². The summed E-state index contributed by atoms with van der Waals surface area (Å²) in [6.45, 7) is 1.82. The molecule has 0 radical (unpaired) electrons. The second-order valence-corrected chi connectivity index (χ2v) is 6.23. The van der Waals surface area contributed by atoms with Gasteiger partial charge < -0.3 is 5.73 Å². The molecule has 1 heterocycles. The van der Waals surface area contributed by atoms with Gasteiger partial charge in [0.05, 0.1) is 6.54 Å². The van der Waals surface area contributed by atoms with E-state index in [9.17, 15) is 14.4 Å². The Hall–Kier alpha value is -2.86. The van der Waals surface area contributed by atoms with E-state index in [4.69, 9.17) is 17.3 Å². The molecule has 25 heavy (non-hydrogen) atoms. The van der Waals surface area contributed by atoms with Gasteiger partial charge in [-0.25, -0.2) is 4.79 Å². The van der Waals surface area contributed by atoms with Crippen LogP contribution >= 0.6 is 11.6 Å². The van der Waals surface area contributed by atoms with Crippen LogP contribution in [0.3, 0.4) is 0 Å². The second kappa shape index (κ2) is 6.57. The van der Waals surface area contributed by atoms with E-state index in [0.717, 1.165) is 5.56 Å². The molecule has 7 heteroatoms. The van der Waals surface area contributed by atoms with E-state index in [1.807, 2.05) is 0 Å². The fraction of sp³-hybridized carbons (Fsp3) is 0.167. The van der Waals surface area contributed by atoms with Gasteiger partial charge >= 0.3 is 6.03 Å². The molecule has 0 aliphatic carbocycles. The van der Waals surface area contributed by atoms with Crippen LogP contribution in [0.4, 0.5) is 10.5 Å². The maximum absolute atomic E-state index is 12.7. The number of carbonyl (C=O) groups excluding carboxylic acids is 3. The van der Waals surface area contributed by atoms with Crippen molar-refractivity contribution in [2.45, 2.75) is 19.5 Å². The summed E-state index contributed by atoms with van der Waals surface area (Å²) in [5.41, 5.74) is 6.93. The van der Waals surface area contributed by atoms with E-state index in [2.05, 4.69) is 0 Å². The summed E-state index contributed by atoms with van der Waals surface area (Å²) in [7, 11) is 0. The van der Waals surface area contributed by atoms with Crippen molar-refractivity contribution in [2.75, 3.05) is 4.90 Å². The van der Waals surface area contributed by atoms with Crippen molar-refractivity contribution in [2.24, 2.45) is 5.73 Å². The summed E-state index contributed by atoms with van der Waals surface area (Å²) >= 11 is 5.88. The Balaban J connectivity index is 1.82. The lowest BCUT2D eigenvalue weighted by Gasteiger charge is -2.19. The lowest BCUT2D eigenvalue weighted by atomic mass is 10.1. The Labute approximate surface area is 149 Å². The number of hydrogen-bond donors (Lipinski definition) is 1. The number of anilines is 1. The lowest BCUT2D eigenvalue weighted by molar-refractivity contribution is -0.127. The van der Waals surface area contributed by atoms with Crippen molar-refractivity contribution in [3.63, 3.8) is 0 Å². The Morgan fingerprint density at radius 1 is 1.08 bits per heavy atom. The largest absolute Gasteiger partial charge is 0.366 e. The Morgan fingerprint density at radius 3 is 2.24 bits per heavy atom. The molecule has 2 aromatic rings. The van der Waals surface area contributed by atoms with Gasteiger partial charge in [0.2, 0.25) is 5.91 Å². The molecule has 1 atom stereocenters. The average molecular weight is 358 g/mol. The number of urea groups is 1. The Bertz CT molecular complexity index is 834. The number of hydrogen-bond acceptors (Lipinski definition) is 3. The first-order valence-electron chi connectivity index (χ1n) is 7.67. The van der Waals surface area contributed by atoms with Crippen molar-refractivity contribution in [1.82, 2.24) is 4.90 Å². The van der Waals surface area contributed by atoms with Crippen LogP contribution in [0, 0.1) is 0 Å². The highest BCUT2D eigenvalue weighted by molar-refractivity contribution is 6.30. The minimum atomic E-state index is -0.599. The van der Waals surface area contributed by atoms with Gasteiger partial charge in [0.1, 0.15) is 6.04 Å². The Kier molecular flexibility index (Phi) is 4.46. The van der Waals surface area contributed by atoms with Crippen LogP contribution in [0.5, 0.6) is 0 Å². The quantitative estimate of drug-likeness (QED) is 0.854. The second-order valence-electron chi connectivity index (χ2n) is 5.79. The molecule has 2 aromatic carbocycles. The number of imide groups is 1. The van der Waals surface area contributed by atoms with Crippen molar-refractivity contribution >= 4 is 35.1 Å². The molecule has 6 nitrogen and oxygen atoms in total. The van der Waals surface area contributed by atoms with Gasteiger partial charge in [0.15, 0.2) is 0 Å². The first-order valence-corrected chi connectivity index (χ1v) is 8.05. The SMILES string of the molecule is C[C@H]1C(=O)N(Cc2ccc(C(N)=O)cc2)C(=O)N1c1ccc(Cl)cc1. The fourth-order valence-electron chi connectivity index (χ4n) is 2.76. The summed E-state index contributed by atoms with van der Waals surface area (Å²) in [4.78, 5) is 39.0. The standard InChI is InChI=1S/C18H16ClN3O3/c1-11-17(24)21(10-12-2-4-13(5-3-12)16(20)23)18(25)22(11)15-8-6-14(19)7-9-15/h2-9,11H,10H2,1H3,(H2,20,23)/t11-/m0/s1. The van der Waals surface area contributed by atoms with Gasteiger partial charge in [0, 0.05) is 16.3 Å². The molecule has 1 fully saturated rings.